The summed E-state index contributed by atoms with van der Waals surface area (Å²) in [6, 6.07) is 10.9. The van der Waals surface area contributed by atoms with Crippen molar-refractivity contribution in [3.63, 3.8) is 0 Å². The van der Waals surface area contributed by atoms with Gasteiger partial charge in [-0.2, -0.15) is 0 Å². The smallest absolute Gasteiger partial charge is 0.262 e. The first kappa shape index (κ1) is 15.9. The maximum atomic E-state index is 12.0. The Morgan fingerprint density at radius 3 is 2.71 bits per heavy atom. The van der Waals surface area contributed by atoms with E-state index in [9.17, 15) is 9.59 Å². The zero-order valence-electron chi connectivity index (χ0n) is 13.5. The second-order valence-electron chi connectivity index (χ2n) is 5.71. The SMILES string of the molecule is Cc1cc(C)cc(OCC(=O)Nc2ccc3c(c2)NC(=O)CO3)c1. The summed E-state index contributed by atoms with van der Waals surface area (Å²) in [5, 5.41) is 5.43. The minimum atomic E-state index is -0.280. The number of fused-ring (bicyclic) bond motifs is 1. The monoisotopic (exact) mass is 326 g/mol. The molecule has 0 atom stereocenters. The molecule has 24 heavy (non-hydrogen) atoms. The van der Waals surface area contributed by atoms with Crippen LogP contribution in [0.4, 0.5) is 11.4 Å². The van der Waals surface area contributed by atoms with Crippen molar-refractivity contribution in [3.05, 3.63) is 47.5 Å². The van der Waals surface area contributed by atoms with Gasteiger partial charge < -0.3 is 20.1 Å². The third kappa shape index (κ3) is 3.84. The Bertz CT molecular complexity index is 781. The molecule has 0 unspecified atom stereocenters. The highest BCUT2D eigenvalue weighted by Gasteiger charge is 2.16. The van der Waals surface area contributed by atoms with Gasteiger partial charge in [-0.15, -0.1) is 0 Å². The average molecular weight is 326 g/mol. The lowest BCUT2D eigenvalue weighted by atomic mass is 10.1. The Labute approximate surface area is 139 Å². The predicted octanol–water partition coefficient (Wildman–Crippen LogP) is 2.65. The molecule has 2 N–H and O–H groups in total. The van der Waals surface area contributed by atoms with Crippen LogP contribution in [0.2, 0.25) is 0 Å². The summed E-state index contributed by atoms with van der Waals surface area (Å²) < 4.78 is 10.8. The van der Waals surface area contributed by atoms with E-state index in [1.54, 1.807) is 18.2 Å². The first-order valence-corrected chi connectivity index (χ1v) is 7.57. The van der Waals surface area contributed by atoms with Gasteiger partial charge in [0.2, 0.25) is 0 Å². The first-order valence-electron chi connectivity index (χ1n) is 7.57. The summed E-state index contributed by atoms with van der Waals surface area (Å²) in [5.41, 5.74) is 3.26. The summed E-state index contributed by atoms with van der Waals surface area (Å²) in [5.74, 6) is 0.745. The molecule has 0 radical (unpaired) electrons. The lowest BCUT2D eigenvalue weighted by molar-refractivity contribution is -0.119. The molecule has 124 valence electrons. The van der Waals surface area contributed by atoms with Gasteiger partial charge in [0.1, 0.15) is 11.5 Å². The predicted molar refractivity (Wildman–Crippen MR) is 90.6 cm³/mol. The number of hydrogen-bond donors (Lipinski definition) is 2. The fraction of sp³-hybridized carbons (Fsp3) is 0.222. The molecule has 0 spiro atoms. The molecule has 2 aromatic rings. The van der Waals surface area contributed by atoms with E-state index in [0.717, 1.165) is 11.1 Å². The van der Waals surface area contributed by atoms with E-state index < -0.39 is 0 Å². The second kappa shape index (κ2) is 6.62. The van der Waals surface area contributed by atoms with Gasteiger partial charge in [0, 0.05) is 5.69 Å². The van der Waals surface area contributed by atoms with Gasteiger partial charge in [-0.3, -0.25) is 9.59 Å². The van der Waals surface area contributed by atoms with Crippen molar-refractivity contribution in [2.24, 2.45) is 0 Å². The first-order chi connectivity index (χ1) is 11.5. The van der Waals surface area contributed by atoms with Crippen molar-refractivity contribution in [1.29, 1.82) is 0 Å². The minimum absolute atomic E-state index is 0.00244. The van der Waals surface area contributed by atoms with Gasteiger partial charge in [0.05, 0.1) is 5.69 Å². The van der Waals surface area contributed by atoms with E-state index in [1.165, 1.54) is 0 Å². The highest BCUT2D eigenvalue weighted by atomic mass is 16.5. The molecule has 1 heterocycles. The Morgan fingerprint density at radius 1 is 1.21 bits per heavy atom. The van der Waals surface area contributed by atoms with E-state index in [4.69, 9.17) is 9.47 Å². The normalized spacial score (nSPS) is 12.7. The molecule has 1 aliphatic heterocycles. The van der Waals surface area contributed by atoms with Crippen LogP contribution in [0.25, 0.3) is 0 Å². The molecule has 2 amide bonds. The van der Waals surface area contributed by atoms with Crippen molar-refractivity contribution in [2.45, 2.75) is 13.8 Å². The third-order valence-electron chi connectivity index (χ3n) is 3.46. The van der Waals surface area contributed by atoms with Gasteiger partial charge in [-0.1, -0.05) is 6.07 Å². The minimum Gasteiger partial charge on any atom is -0.484 e. The van der Waals surface area contributed by atoms with Crippen LogP contribution in [0.15, 0.2) is 36.4 Å². The number of nitrogens with one attached hydrogen (secondary N) is 2. The third-order valence-corrected chi connectivity index (χ3v) is 3.46. The molecule has 0 saturated heterocycles. The summed E-state index contributed by atoms with van der Waals surface area (Å²) in [4.78, 5) is 23.4. The zero-order valence-corrected chi connectivity index (χ0v) is 13.5. The maximum Gasteiger partial charge on any atom is 0.262 e. The van der Waals surface area contributed by atoms with E-state index >= 15 is 0 Å². The highest BCUT2D eigenvalue weighted by Crippen LogP contribution is 2.30. The van der Waals surface area contributed by atoms with Gasteiger partial charge in [0.25, 0.3) is 11.8 Å². The number of aryl methyl sites for hydroxylation is 2. The number of carbonyl (C=O) groups is 2. The van der Waals surface area contributed by atoms with Gasteiger partial charge >= 0.3 is 0 Å². The molecule has 6 heteroatoms. The van der Waals surface area contributed by atoms with Crippen molar-refractivity contribution in [2.75, 3.05) is 23.8 Å². The van der Waals surface area contributed by atoms with Crippen LogP contribution in [0.3, 0.4) is 0 Å². The molecular formula is C18H18N2O4. The number of carbonyl (C=O) groups excluding carboxylic acids is 2. The van der Waals surface area contributed by atoms with Crippen LogP contribution >= 0.6 is 0 Å². The van der Waals surface area contributed by atoms with E-state index in [1.807, 2.05) is 32.0 Å². The fourth-order valence-electron chi connectivity index (χ4n) is 2.52. The summed E-state index contributed by atoms with van der Waals surface area (Å²) in [6.45, 7) is 3.86. The Hall–Kier alpha value is -3.02. The number of amides is 2. The number of anilines is 2. The molecule has 0 aliphatic carbocycles. The van der Waals surface area contributed by atoms with Crippen LogP contribution < -0.4 is 20.1 Å². The van der Waals surface area contributed by atoms with E-state index in [2.05, 4.69) is 10.6 Å². The zero-order chi connectivity index (χ0) is 17.1. The number of rotatable bonds is 4. The Balaban J connectivity index is 1.60. The van der Waals surface area contributed by atoms with Crippen LogP contribution in [0, 0.1) is 13.8 Å². The van der Waals surface area contributed by atoms with Crippen LogP contribution in [0.5, 0.6) is 11.5 Å². The second-order valence-corrected chi connectivity index (χ2v) is 5.71. The molecule has 0 saturated carbocycles. The number of benzene rings is 2. The summed E-state index contributed by atoms with van der Waals surface area (Å²) in [6.07, 6.45) is 0. The molecule has 0 bridgehead atoms. The van der Waals surface area contributed by atoms with Gasteiger partial charge in [0.15, 0.2) is 13.2 Å². The maximum absolute atomic E-state index is 12.0. The van der Waals surface area contributed by atoms with Crippen LogP contribution in [-0.2, 0) is 9.59 Å². The Morgan fingerprint density at radius 2 is 1.96 bits per heavy atom. The van der Waals surface area contributed by atoms with E-state index in [0.29, 0.717) is 22.9 Å². The number of ether oxygens (including phenoxy) is 2. The summed E-state index contributed by atoms with van der Waals surface area (Å²) in [7, 11) is 0. The van der Waals surface area contributed by atoms with Gasteiger partial charge in [-0.25, -0.2) is 0 Å². The standard InChI is InChI=1S/C18H18N2O4/c1-11-5-12(2)7-14(6-11)23-9-17(21)19-13-3-4-16-15(8-13)20-18(22)10-24-16/h3-8H,9-10H2,1-2H3,(H,19,21)(H,20,22). The highest BCUT2D eigenvalue weighted by molar-refractivity contribution is 5.97. The topological polar surface area (TPSA) is 76.7 Å². The Kier molecular flexibility index (Phi) is 4.37. The quantitative estimate of drug-likeness (QED) is 0.905. The van der Waals surface area contributed by atoms with Gasteiger partial charge in [-0.05, 0) is 55.3 Å². The van der Waals surface area contributed by atoms with Crippen molar-refractivity contribution < 1.29 is 19.1 Å². The summed E-state index contributed by atoms with van der Waals surface area (Å²) >= 11 is 0. The van der Waals surface area contributed by atoms with E-state index in [-0.39, 0.29) is 25.0 Å². The van der Waals surface area contributed by atoms with Crippen LogP contribution in [-0.4, -0.2) is 25.0 Å². The average Bonchev–Trinajstić information content (AvgIpc) is 2.51. The largest absolute Gasteiger partial charge is 0.484 e. The van der Waals surface area contributed by atoms with Crippen molar-refractivity contribution in [3.8, 4) is 11.5 Å². The molecule has 0 aromatic heterocycles. The molecule has 1 aliphatic rings. The lowest BCUT2D eigenvalue weighted by Gasteiger charge is -2.18. The lowest BCUT2D eigenvalue weighted by Crippen LogP contribution is -2.25. The van der Waals surface area contributed by atoms with Crippen LogP contribution in [0.1, 0.15) is 11.1 Å². The van der Waals surface area contributed by atoms with Crippen molar-refractivity contribution >= 4 is 23.2 Å². The molecule has 6 nitrogen and oxygen atoms in total. The molecule has 3 rings (SSSR count). The fourth-order valence-corrected chi connectivity index (χ4v) is 2.52. The number of hydrogen-bond acceptors (Lipinski definition) is 4. The molecule has 2 aromatic carbocycles. The molecule has 0 fully saturated rings. The van der Waals surface area contributed by atoms with Crippen molar-refractivity contribution in [1.82, 2.24) is 0 Å². The molecular weight excluding hydrogens is 308 g/mol.